The number of pyridine rings is 1. The highest BCUT2D eigenvalue weighted by atomic mass is 15.0. The van der Waals surface area contributed by atoms with Gasteiger partial charge in [-0.05, 0) is 36.6 Å². The highest BCUT2D eigenvalue weighted by Crippen LogP contribution is 2.30. The molecule has 3 heteroatoms. The molecule has 3 rings (SSSR count). The van der Waals surface area contributed by atoms with Crippen LogP contribution < -0.4 is 11.1 Å². The second-order valence-corrected chi connectivity index (χ2v) is 5.18. The van der Waals surface area contributed by atoms with E-state index < -0.39 is 0 Å². The number of hydrogen-bond acceptors (Lipinski definition) is 3. The summed E-state index contributed by atoms with van der Waals surface area (Å²) < 4.78 is 0. The molecule has 0 fully saturated rings. The van der Waals surface area contributed by atoms with Gasteiger partial charge in [-0.25, -0.2) is 0 Å². The van der Waals surface area contributed by atoms with E-state index in [9.17, 15) is 0 Å². The van der Waals surface area contributed by atoms with Crippen LogP contribution in [0.4, 0.5) is 0 Å². The zero-order valence-corrected chi connectivity index (χ0v) is 11.1. The molecule has 0 saturated heterocycles. The zero-order chi connectivity index (χ0) is 13.2. The Labute approximate surface area is 113 Å². The fourth-order valence-corrected chi connectivity index (χ4v) is 2.83. The lowest BCUT2D eigenvalue weighted by atomic mass is 10.1. The van der Waals surface area contributed by atoms with Crippen molar-refractivity contribution in [2.24, 2.45) is 5.73 Å². The quantitative estimate of drug-likeness (QED) is 0.883. The number of benzene rings is 1. The van der Waals surface area contributed by atoms with Gasteiger partial charge in [0.25, 0.3) is 0 Å². The first-order valence-electron chi connectivity index (χ1n) is 6.76. The van der Waals surface area contributed by atoms with Crippen LogP contribution >= 0.6 is 0 Å². The average Bonchev–Trinajstić information content (AvgIpc) is 2.77. The molecule has 3 nitrogen and oxygen atoms in total. The highest BCUT2D eigenvalue weighted by molar-refractivity contribution is 5.37. The van der Waals surface area contributed by atoms with Gasteiger partial charge in [-0.3, -0.25) is 4.98 Å². The van der Waals surface area contributed by atoms with Crippen LogP contribution in [-0.4, -0.2) is 11.0 Å². The van der Waals surface area contributed by atoms with Gasteiger partial charge in [-0.15, -0.1) is 0 Å². The summed E-state index contributed by atoms with van der Waals surface area (Å²) in [6, 6.07) is 15.0. The summed E-state index contributed by atoms with van der Waals surface area (Å²) >= 11 is 0. The van der Waals surface area contributed by atoms with Crippen molar-refractivity contribution < 1.29 is 0 Å². The van der Waals surface area contributed by atoms with Crippen LogP contribution in [0.3, 0.4) is 0 Å². The van der Waals surface area contributed by atoms with E-state index in [1.807, 2.05) is 24.4 Å². The van der Waals surface area contributed by atoms with Gasteiger partial charge in [0.15, 0.2) is 0 Å². The predicted octanol–water partition coefficient (Wildman–Crippen LogP) is 2.36. The summed E-state index contributed by atoms with van der Waals surface area (Å²) in [4.78, 5) is 4.39. The van der Waals surface area contributed by atoms with E-state index in [0.29, 0.717) is 0 Å². The molecule has 1 heterocycles. The van der Waals surface area contributed by atoms with Gasteiger partial charge in [0.1, 0.15) is 0 Å². The Morgan fingerprint density at radius 3 is 2.74 bits per heavy atom. The molecular formula is C16H19N3. The van der Waals surface area contributed by atoms with Crippen LogP contribution in [0, 0.1) is 0 Å². The Hall–Kier alpha value is -1.71. The van der Waals surface area contributed by atoms with Gasteiger partial charge in [0, 0.05) is 24.3 Å². The van der Waals surface area contributed by atoms with E-state index in [4.69, 9.17) is 5.73 Å². The molecule has 3 N–H and O–H groups in total. The Kier molecular flexibility index (Phi) is 3.32. The lowest BCUT2D eigenvalue weighted by Crippen LogP contribution is -2.38. The lowest BCUT2D eigenvalue weighted by molar-refractivity contribution is 0.413. The maximum atomic E-state index is 6.33. The van der Waals surface area contributed by atoms with E-state index in [0.717, 1.165) is 12.1 Å². The molecule has 1 aliphatic carbocycles. The number of aromatic nitrogens is 1. The molecule has 98 valence electrons. The van der Waals surface area contributed by atoms with Crippen molar-refractivity contribution in [2.45, 2.75) is 31.5 Å². The standard InChI is InChI=1S/C16H19N3/c1-11(14-8-4-5-9-18-14)19-15-10-12-6-2-3-7-13(12)16(15)17/h2-9,11,15-16,19H,10,17H2,1H3/t11?,15-,16-/m1/s1. The molecule has 1 aromatic heterocycles. The normalized spacial score (nSPS) is 23.1. The molecule has 19 heavy (non-hydrogen) atoms. The molecule has 3 atom stereocenters. The van der Waals surface area contributed by atoms with Crippen molar-refractivity contribution in [3.63, 3.8) is 0 Å². The summed E-state index contributed by atoms with van der Waals surface area (Å²) in [7, 11) is 0. The molecule has 0 bridgehead atoms. The SMILES string of the molecule is CC(N[C@@H]1Cc2ccccc2[C@H]1N)c1ccccn1. The monoisotopic (exact) mass is 253 g/mol. The van der Waals surface area contributed by atoms with Crippen LogP contribution in [0.25, 0.3) is 0 Å². The largest absolute Gasteiger partial charge is 0.323 e. The molecule has 2 aromatic rings. The third-order valence-electron chi connectivity index (χ3n) is 3.88. The van der Waals surface area contributed by atoms with E-state index in [-0.39, 0.29) is 18.1 Å². The molecule has 0 saturated carbocycles. The number of nitrogens with zero attached hydrogens (tertiary/aromatic N) is 1. The maximum Gasteiger partial charge on any atom is 0.0570 e. The fraction of sp³-hybridized carbons (Fsp3) is 0.312. The molecule has 0 amide bonds. The second-order valence-electron chi connectivity index (χ2n) is 5.18. The van der Waals surface area contributed by atoms with Crippen LogP contribution in [0.5, 0.6) is 0 Å². The smallest absolute Gasteiger partial charge is 0.0570 e. The Morgan fingerprint density at radius 1 is 1.21 bits per heavy atom. The summed E-state index contributed by atoms with van der Waals surface area (Å²) in [6.45, 7) is 2.14. The maximum absolute atomic E-state index is 6.33. The Morgan fingerprint density at radius 2 is 2.00 bits per heavy atom. The number of nitrogens with two attached hydrogens (primary N) is 1. The summed E-state index contributed by atoms with van der Waals surface area (Å²) in [6.07, 6.45) is 2.82. The summed E-state index contributed by atoms with van der Waals surface area (Å²) in [5.74, 6) is 0. The number of fused-ring (bicyclic) bond motifs is 1. The number of rotatable bonds is 3. The molecule has 0 spiro atoms. The Balaban J connectivity index is 1.73. The van der Waals surface area contributed by atoms with Crippen molar-refractivity contribution in [1.82, 2.24) is 10.3 Å². The zero-order valence-electron chi connectivity index (χ0n) is 11.1. The van der Waals surface area contributed by atoms with E-state index in [1.54, 1.807) is 0 Å². The van der Waals surface area contributed by atoms with E-state index in [1.165, 1.54) is 11.1 Å². The number of hydrogen-bond donors (Lipinski definition) is 2. The van der Waals surface area contributed by atoms with Gasteiger partial charge >= 0.3 is 0 Å². The van der Waals surface area contributed by atoms with Crippen LogP contribution in [-0.2, 0) is 6.42 Å². The predicted molar refractivity (Wildman–Crippen MR) is 76.7 cm³/mol. The first-order valence-corrected chi connectivity index (χ1v) is 6.76. The molecule has 1 aromatic carbocycles. The lowest BCUT2D eigenvalue weighted by Gasteiger charge is -2.22. The molecule has 0 radical (unpaired) electrons. The fourth-order valence-electron chi connectivity index (χ4n) is 2.83. The molecule has 1 aliphatic rings. The minimum Gasteiger partial charge on any atom is -0.323 e. The van der Waals surface area contributed by atoms with Gasteiger partial charge in [0.05, 0.1) is 5.69 Å². The minimum absolute atomic E-state index is 0.0716. The van der Waals surface area contributed by atoms with Crippen LogP contribution in [0.1, 0.15) is 35.8 Å². The van der Waals surface area contributed by atoms with E-state index >= 15 is 0 Å². The second kappa shape index (κ2) is 5.11. The van der Waals surface area contributed by atoms with Gasteiger partial charge < -0.3 is 11.1 Å². The third-order valence-corrected chi connectivity index (χ3v) is 3.88. The first kappa shape index (κ1) is 12.3. The van der Waals surface area contributed by atoms with Gasteiger partial charge in [-0.1, -0.05) is 30.3 Å². The summed E-state index contributed by atoms with van der Waals surface area (Å²) in [5.41, 5.74) is 10.0. The third kappa shape index (κ3) is 2.39. The van der Waals surface area contributed by atoms with Crippen molar-refractivity contribution in [2.75, 3.05) is 0 Å². The van der Waals surface area contributed by atoms with Gasteiger partial charge in [0.2, 0.25) is 0 Å². The molecular weight excluding hydrogens is 234 g/mol. The molecule has 1 unspecified atom stereocenters. The van der Waals surface area contributed by atoms with E-state index in [2.05, 4.69) is 41.5 Å². The average molecular weight is 253 g/mol. The highest BCUT2D eigenvalue weighted by Gasteiger charge is 2.30. The van der Waals surface area contributed by atoms with Gasteiger partial charge in [-0.2, -0.15) is 0 Å². The van der Waals surface area contributed by atoms with Crippen molar-refractivity contribution in [1.29, 1.82) is 0 Å². The topological polar surface area (TPSA) is 50.9 Å². The van der Waals surface area contributed by atoms with Crippen molar-refractivity contribution >= 4 is 0 Å². The first-order chi connectivity index (χ1) is 9.25. The Bertz CT molecular complexity index is 553. The van der Waals surface area contributed by atoms with Crippen molar-refractivity contribution in [3.8, 4) is 0 Å². The molecule has 0 aliphatic heterocycles. The number of nitrogens with one attached hydrogen (secondary N) is 1. The summed E-state index contributed by atoms with van der Waals surface area (Å²) in [5, 5.41) is 3.60. The van der Waals surface area contributed by atoms with Crippen LogP contribution in [0.15, 0.2) is 48.7 Å². The minimum atomic E-state index is 0.0716. The van der Waals surface area contributed by atoms with Crippen LogP contribution in [0.2, 0.25) is 0 Å². The van der Waals surface area contributed by atoms with Crippen molar-refractivity contribution in [3.05, 3.63) is 65.5 Å².